The van der Waals surface area contributed by atoms with Crippen LogP contribution in [0.4, 0.5) is 0 Å². The highest BCUT2D eigenvalue weighted by atomic mass is 32.2. The average molecular weight is 300 g/mol. The summed E-state index contributed by atoms with van der Waals surface area (Å²) in [5.41, 5.74) is 0.450. The molecule has 2 rings (SSSR count). The quantitative estimate of drug-likeness (QED) is 0.838. The molecule has 0 amide bonds. The molecule has 114 valence electrons. The van der Waals surface area contributed by atoms with Crippen LogP contribution in [0.5, 0.6) is 0 Å². The van der Waals surface area contributed by atoms with Crippen LogP contribution in [0.2, 0.25) is 0 Å². The lowest BCUT2D eigenvalue weighted by atomic mass is 9.67. The van der Waals surface area contributed by atoms with E-state index in [1.807, 2.05) is 0 Å². The minimum atomic E-state index is -3.47. The van der Waals surface area contributed by atoms with Crippen molar-refractivity contribution in [2.24, 2.45) is 5.41 Å². The molecular weight excluding hydrogens is 276 g/mol. The second-order valence-corrected chi connectivity index (χ2v) is 7.90. The number of hydrogen-bond donors (Lipinski definition) is 1. The van der Waals surface area contributed by atoms with E-state index in [1.54, 1.807) is 6.07 Å². The highest BCUT2D eigenvalue weighted by Crippen LogP contribution is 2.43. The molecule has 6 heteroatoms. The fraction of sp³-hybridized carbons (Fsp3) is 0.714. The van der Waals surface area contributed by atoms with Crippen molar-refractivity contribution in [1.29, 1.82) is 0 Å². The number of furan rings is 1. The molecule has 0 unspecified atom stereocenters. The summed E-state index contributed by atoms with van der Waals surface area (Å²) in [6.45, 7) is 3.78. The first kappa shape index (κ1) is 15.5. The fourth-order valence-corrected chi connectivity index (χ4v) is 3.37. The van der Waals surface area contributed by atoms with Crippen molar-refractivity contribution < 1.29 is 12.8 Å². The van der Waals surface area contributed by atoms with E-state index in [-0.39, 0.29) is 5.09 Å². The summed E-state index contributed by atoms with van der Waals surface area (Å²) < 4.78 is 30.4. The van der Waals surface area contributed by atoms with E-state index in [2.05, 4.69) is 12.2 Å². The smallest absolute Gasteiger partial charge is 0.275 e. The van der Waals surface area contributed by atoms with Crippen LogP contribution in [0.1, 0.15) is 38.4 Å². The minimum absolute atomic E-state index is 0.00755. The van der Waals surface area contributed by atoms with Crippen molar-refractivity contribution in [2.45, 2.75) is 44.2 Å². The van der Waals surface area contributed by atoms with Gasteiger partial charge in [-0.25, -0.2) is 12.7 Å². The maximum Gasteiger partial charge on any atom is 0.275 e. The van der Waals surface area contributed by atoms with Gasteiger partial charge in [0.15, 0.2) is 0 Å². The van der Waals surface area contributed by atoms with Crippen LogP contribution in [0.15, 0.2) is 21.6 Å². The van der Waals surface area contributed by atoms with Gasteiger partial charge in [0.2, 0.25) is 5.09 Å². The maximum absolute atomic E-state index is 11.9. The third-order valence-corrected chi connectivity index (χ3v) is 6.02. The van der Waals surface area contributed by atoms with Crippen LogP contribution in [-0.4, -0.2) is 33.4 Å². The third kappa shape index (κ3) is 3.07. The topological polar surface area (TPSA) is 62.6 Å². The molecule has 1 aliphatic carbocycles. The molecule has 1 aliphatic rings. The van der Waals surface area contributed by atoms with Gasteiger partial charge in [-0.1, -0.05) is 13.3 Å². The van der Waals surface area contributed by atoms with Gasteiger partial charge in [0.05, 0.1) is 6.54 Å². The van der Waals surface area contributed by atoms with Crippen LogP contribution in [-0.2, 0) is 16.6 Å². The number of sulfonamides is 1. The van der Waals surface area contributed by atoms with Gasteiger partial charge in [-0.3, -0.25) is 0 Å². The number of rotatable bonds is 7. The molecule has 1 fully saturated rings. The number of nitrogens with one attached hydrogen (secondary N) is 1. The summed E-state index contributed by atoms with van der Waals surface area (Å²) in [4.78, 5) is 0. The molecule has 1 saturated carbocycles. The van der Waals surface area contributed by atoms with Crippen molar-refractivity contribution in [1.82, 2.24) is 9.62 Å². The maximum atomic E-state index is 11.9. The lowest BCUT2D eigenvalue weighted by Gasteiger charge is -2.41. The highest BCUT2D eigenvalue weighted by molar-refractivity contribution is 7.88. The fourth-order valence-electron chi connectivity index (χ4n) is 2.55. The zero-order valence-corrected chi connectivity index (χ0v) is 13.3. The first-order valence-electron chi connectivity index (χ1n) is 7.12. The Labute approximate surface area is 121 Å². The van der Waals surface area contributed by atoms with Gasteiger partial charge >= 0.3 is 0 Å². The van der Waals surface area contributed by atoms with Crippen molar-refractivity contribution in [3.63, 3.8) is 0 Å². The summed E-state index contributed by atoms with van der Waals surface area (Å²) in [7, 11) is -0.474. The molecular formula is C14H24N2O3S. The summed E-state index contributed by atoms with van der Waals surface area (Å²) in [5.74, 6) is 0.663. The van der Waals surface area contributed by atoms with Gasteiger partial charge in [-0.05, 0) is 36.8 Å². The van der Waals surface area contributed by atoms with Gasteiger partial charge in [0.1, 0.15) is 5.76 Å². The normalized spacial score (nSPS) is 18.2. The van der Waals surface area contributed by atoms with E-state index in [9.17, 15) is 8.42 Å². The Balaban J connectivity index is 1.90. The SMILES string of the molecule is CCC1(CNCc2ccc(S(=O)(=O)N(C)C)o2)CCC1. The molecule has 0 spiro atoms. The summed E-state index contributed by atoms with van der Waals surface area (Å²) in [6, 6.07) is 3.24. The second-order valence-electron chi connectivity index (χ2n) is 5.82. The largest absolute Gasteiger partial charge is 0.447 e. The molecule has 20 heavy (non-hydrogen) atoms. The predicted octanol–water partition coefficient (Wildman–Crippen LogP) is 2.20. The van der Waals surface area contributed by atoms with Crippen LogP contribution in [0, 0.1) is 5.41 Å². The van der Waals surface area contributed by atoms with Crippen LogP contribution in [0.25, 0.3) is 0 Å². The van der Waals surface area contributed by atoms with E-state index in [0.717, 1.165) is 10.8 Å². The van der Waals surface area contributed by atoms with Crippen molar-refractivity contribution >= 4 is 10.0 Å². The molecule has 0 atom stereocenters. The Morgan fingerprint density at radius 1 is 1.35 bits per heavy atom. The van der Waals surface area contributed by atoms with Gasteiger partial charge in [-0.15, -0.1) is 0 Å². The molecule has 0 radical (unpaired) electrons. The molecule has 0 bridgehead atoms. The Bertz CT molecular complexity index is 539. The summed E-state index contributed by atoms with van der Waals surface area (Å²) >= 11 is 0. The zero-order chi connectivity index (χ0) is 14.8. The van der Waals surface area contributed by atoms with E-state index >= 15 is 0 Å². The first-order chi connectivity index (χ1) is 9.39. The molecule has 0 aliphatic heterocycles. The Hall–Kier alpha value is -0.850. The van der Waals surface area contributed by atoms with Crippen molar-refractivity contribution in [3.05, 3.63) is 17.9 Å². The monoisotopic (exact) mass is 300 g/mol. The van der Waals surface area contributed by atoms with Crippen LogP contribution >= 0.6 is 0 Å². The van der Waals surface area contributed by atoms with Gasteiger partial charge in [0, 0.05) is 20.6 Å². The Morgan fingerprint density at radius 2 is 2.05 bits per heavy atom. The molecule has 1 aromatic heterocycles. The minimum Gasteiger partial charge on any atom is -0.447 e. The average Bonchev–Trinajstić information content (AvgIpc) is 2.82. The van der Waals surface area contributed by atoms with Crippen LogP contribution < -0.4 is 5.32 Å². The lowest BCUT2D eigenvalue weighted by Crippen LogP contribution is -2.39. The molecule has 1 N–H and O–H groups in total. The second kappa shape index (κ2) is 5.87. The number of hydrogen-bond acceptors (Lipinski definition) is 4. The summed E-state index contributed by atoms with van der Waals surface area (Å²) in [5, 5.41) is 3.39. The number of nitrogens with zero attached hydrogens (tertiary/aromatic N) is 1. The van der Waals surface area contributed by atoms with E-state index in [1.165, 1.54) is 45.8 Å². The third-order valence-electron chi connectivity index (χ3n) is 4.34. The molecule has 1 aromatic rings. The first-order valence-corrected chi connectivity index (χ1v) is 8.56. The standard InChI is InChI=1S/C14H24N2O3S/c1-4-14(8-5-9-14)11-15-10-12-6-7-13(19-12)20(17,18)16(2)3/h6-7,15H,4-5,8-11H2,1-3H3. The van der Waals surface area contributed by atoms with E-state index in [4.69, 9.17) is 4.42 Å². The van der Waals surface area contributed by atoms with Crippen molar-refractivity contribution in [3.8, 4) is 0 Å². The van der Waals surface area contributed by atoms with Gasteiger partial charge in [-0.2, -0.15) is 0 Å². The van der Waals surface area contributed by atoms with Crippen LogP contribution in [0.3, 0.4) is 0 Å². The Kier molecular flexibility index (Phi) is 4.56. The van der Waals surface area contributed by atoms with Crippen molar-refractivity contribution in [2.75, 3.05) is 20.6 Å². The predicted molar refractivity (Wildman–Crippen MR) is 77.9 cm³/mol. The highest BCUT2D eigenvalue weighted by Gasteiger charge is 2.34. The van der Waals surface area contributed by atoms with E-state index in [0.29, 0.717) is 17.7 Å². The zero-order valence-electron chi connectivity index (χ0n) is 12.5. The molecule has 0 aromatic carbocycles. The molecule has 0 saturated heterocycles. The van der Waals surface area contributed by atoms with Gasteiger partial charge < -0.3 is 9.73 Å². The van der Waals surface area contributed by atoms with E-state index < -0.39 is 10.0 Å². The summed E-state index contributed by atoms with van der Waals surface area (Å²) in [6.07, 6.45) is 5.09. The molecule has 5 nitrogen and oxygen atoms in total. The van der Waals surface area contributed by atoms with Gasteiger partial charge in [0.25, 0.3) is 10.0 Å². The Morgan fingerprint density at radius 3 is 2.55 bits per heavy atom. The molecule has 1 heterocycles. The lowest BCUT2D eigenvalue weighted by molar-refractivity contribution is 0.122.